The third kappa shape index (κ3) is 3.84. The molecule has 1 unspecified atom stereocenters. The number of aromatic nitrogens is 1. The Hall–Kier alpha value is -2.76. The van der Waals surface area contributed by atoms with Crippen LogP contribution in [0.5, 0.6) is 11.5 Å². The summed E-state index contributed by atoms with van der Waals surface area (Å²) in [5, 5.41) is 3.29. The normalized spacial score (nSPS) is 18.4. The van der Waals surface area contributed by atoms with Gasteiger partial charge >= 0.3 is 0 Å². The molecule has 1 fully saturated rings. The summed E-state index contributed by atoms with van der Waals surface area (Å²) >= 11 is 0. The van der Waals surface area contributed by atoms with Crippen LogP contribution in [0.2, 0.25) is 0 Å². The number of amides is 1. The number of hydrogen-bond acceptors (Lipinski definition) is 5. The summed E-state index contributed by atoms with van der Waals surface area (Å²) in [5.41, 5.74) is 1.74. The van der Waals surface area contributed by atoms with E-state index in [1.807, 2.05) is 35.2 Å². The average molecular weight is 367 g/mol. The fourth-order valence-corrected chi connectivity index (χ4v) is 3.73. The highest BCUT2D eigenvalue weighted by Crippen LogP contribution is 2.32. The van der Waals surface area contributed by atoms with Crippen molar-refractivity contribution in [3.63, 3.8) is 0 Å². The van der Waals surface area contributed by atoms with E-state index in [-0.39, 0.29) is 12.7 Å². The van der Waals surface area contributed by atoms with Crippen molar-refractivity contribution >= 4 is 11.7 Å². The van der Waals surface area contributed by atoms with Gasteiger partial charge in [-0.2, -0.15) is 0 Å². The van der Waals surface area contributed by atoms with E-state index in [1.165, 1.54) is 6.42 Å². The van der Waals surface area contributed by atoms with Gasteiger partial charge in [0.2, 0.25) is 6.79 Å². The number of nitrogens with zero attached hydrogens (tertiary/aromatic N) is 2. The van der Waals surface area contributed by atoms with Gasteiger partial charge in [-0.3, -0.25) is 4.79 Å². The molecule has 4 rings (SSSR count). The zero-order valence-corrected chi connectivity index (χ0v) is 15.6. The van der Waals surface area contributed by atoms with Gasteiger partial charge in [-0.05, 0) is 55.5 Å². The van der Waals surface area contributed by atoms with Crippen molar-refractivity contribution in [1.29, 1.82) is 0 Å². The first-order valence-corrected chi connectivity index (χ1v) is 9.64. The van der Waals surface area contributed by atoms with Crippen LogP contribution in [0.15, 0.2) is 36.5 Å². The van der Waals surface area contributed by atoms with E-state index in [0.29, 0.717) is 18.2 Å². The third-order valence-electron chi connectivity index (χ3n) is 5.28. The summed E-state index contributed by atoms with van der Waals surface area (Å²) in [7, 11) is 0. The first kappa shape index (κ1) is 17.6. The number of nitrogens with one attached hydrogen (secondary N) is 1. The van der Waals surface area contributed by atoms with Gasteiger partial charge in [0, 0.05) is 25.3 Å². The van der Waals surface area contributed by atoms with Crippen LogP contribution in [-0.4, -0.2) is 35.2 Å². The van der Waals surface area contributed by atoms with Gasteiger partial charge in [0.25, 0.3) is 5.91 Å². The van der Waals surface area contributed by atoms with Crippen LogP contribution in [0, 0.1) is 0 Å². The van der Waals surface area contributed by atoms with E-state index in [1.54, 1.807) is 6.20 Å². The molecule has 2 aliphatic heterocycles. The molecule has 0 radical (unpaired) electrons. The molecule has 27 heavy (non-hydrogen) atoms. The molecule has 6 heteroatoms. The molecule has 1 amide bonds. The van der Waals surface area contributed by atoms with Crippen LogP contribution in [0.3, 0.4) is 0 Å². The summed E-state index contributed by atoms with van der Waals surface area (Å²) in [6, 6.07) is 9.96. The molecule has 0 bridgehead atoms. The Kier molecular flexibility index (Phi) is 5.14. The van der Waals surface area contributed by atoms with E-state index < -0.39 is 0 Å². The number of carbonyl (C=O) groups excluding carboxylic acids is 1. The van der Waals surface area contributed by atoms with Gasteiger partial charge in [0.05, 0.1) is 5.56 Å². The maximum absolute atomic E-state index is 12.8. The highest BCUT2D eigenvalue weighted by atomic mass is 16.7. The van der Waals surface area contributed by atoms with Crippen LogP contribution in [-0.2, 0) is 6.54 Å². The molecule has 0 spiro atoms. The molecule has 2 aliphatic rings. The van der Waals surface area contributed by atoms with Gasteiger partial charge < -0.3 is 19.7 Å². The van der Waals surface area contributed by atoms with Crippen molar-refractivity contribution in [1.82, 2.24) is 9.88 Å². The lowest BCUT2D eigenvalue weighted by molar-refractivity contribution is 0.0607. The highest BCUT2D eigenvalue weighted by Gasteiger charge is 2.26. The summed E-state index contributed by atoms with van der Waals surface area (Å²) in [5.74, 6) is 2.39. The second kappa shape index (κ2) is 7.86. The molecular formula is C21H25N3O3. The van der Waals surface area contributed by atoms with Crippen molar-refractivity contribution in [3.8, 4) is 11.5 Å². The largest absolute Gasteiger partial charge is 0.454 e. The van der Waals surface area contributed by atoms with E-state index >= 15 is 0 Å². The number of benzene rings is 1. The minimum absolute atomic E-state index is 0.0939. The lowest BCUT2D eigenvalue weighted by Crippen LogP contribution is -2.43. The van der Waals surface area contributed by atoms with Crippen molar-refractivity contribution < 1.29 is 14.3 Å². The second-order valence-electron chi connectivity index (χ2n) is 7.03. The number of carbonyl (C=O) groups is 1. The standard InChI is InChI=1S/C21H25N3O3/c1-2-17-5-3-4-10-24(17)21(25)16-7-9-20(23-13-16)22-12-15-6-8-18-19(11-15)27-14-26-18/h6-9,11,13,17H,2-5,10,12,14H2,1H3,(H,22,23). The molecule has 0 saturated carbocycles. The quantitative estimate of drug-likeness (QED) is 0.870. The van der Waals surface area contributed by atoms with Crippen LogP contribution in [0.25, 0.3) is 0 Å². The summed E-state index contributed by atoms with van der Waals surface area (Å²) in [6.45, 7) is 3.90. The number of anilines is 1. The molecule has 0 aliphatic carbocycles. The average Bonchev–Trinajstić information content (AvgIpc) is 3.20. The van der Waals surface area contributed by atoms with Crippen LogP contribution in [0.1, 0.15) is 48.5 Å². The van der Waals surface area contributed by atoms with Gasteiger partial charge in [0.1, 0.15) is 5.82 Å². The summed E-state index contributed by atoms with van der Waals surface area (Å²) < 4.78 is 10.7. The van der Waals surface area contributed by atoms with Crippen molar-refractivity contribution in [2.24, 2.45) is 0 Å². The zero-order chi connectivity index (χ0) is 18.6. The summed E-state index contributed by atoms with van der Waals surface area (Å²) in [6.07, 6.45) is 6.08. The Morgan fingerprint density at radius 2 is 2.11 bits per heavy atom. The van der Waals surface area contributed by atoms with E-state index in [9.17, 15) is 4.79 Å². The zero-order valence-electron chi connectivity index (χ0n) is 15.6. The molecule has 1 aromatic carbocycles. The fraction of sp³-hybridized carbons (Fsp3) is 0.429. The topological polar surface area (TPSA) is 63.7 Å². The first-order valence-electron chi connectivity index (χ1n) is 9.64. The van der Waals surface area contributed by atoms with Gasteiger partial charge in [0.15, 0.2) is 11.5 Å². The predicted molar refractivity (Wildman–Crippen MR) is 103 cm³/mol. The number of likely N-dealkylation sites (tertiary alicyclic amines) is 1. The van der Waals surface area contributed by atoms with Crippen molar-refractivity contribution in [3.05, 3.63) is 47.7 Å². The number of hydrogen-bond donors (Lipinski definition) is 1. The van der Waals surface area contributed by atoms with E-state index in [0.717, 1.165) is 48.7 Å². The van der Waals surface area contributed by atoms with Gasteiger partial charge in [-0.15, -0.1) is 0 Å². The lowest BCUT2D eigenvalue weighted by atomic mass is 9.99. The van der Waals surface area contributed by atoms with E-state index in [4.69, 9.17) is 9.47 Å². The number of piperidine rings is 1. The van der Waals surface area contributed by atoms with Gasteiger partial charge in [-0.25, -0.2) is 4.98 Å². The summed E-state index contributed by atoms with van der Waals surface area (Å²) in [4.78, 5) is 19.2. The maximum Gasteiger partial charge on any atom is 0.255 e. The number of fused-ring (bicyclic) bond motifs is 1. The number of rotatable bonds is 5. The van der Waals surface area contributed by atoms with Crippen molar-refractivity contribution in [2.75, 3.05) is 18.7 Å². The highest BCUT2D eigenvalue weighted by molar-refractivity contribution is 5.94. The molecule has 142 valence electrons. The molecule has 1 atom stereocenters. The molecule has 2 aromatic rings. The minimum Gasteiger partial charge on any atom is -0.454 e. The third-order valence-corrected chi connectivity index (χ3v) is 5.28. The lowest BCUT2D eigenvalue weighted by Gasteiger charge is -2.35. The molecule has 3 heterocycles. The Labute approximate surface area is 159 Å². The van der Waals surface area contributed by atoms with E-state index in [2.05, 4.69) is 17.2 Å². The smallest absolute Gasteiger partial charge is 0.255 e. The molecule has 6 nitrogen and oxygen atoms in total. The predicted octanol–water partition coefficient (Wildman–Crippen LogP) is 3.83. The first-order chi connectivity index (χ1) is 13.2. The molecular weight excluding hydrogens is 342 g/mol. The van der Waals surface area contributed by atoms with Gasteiger partial charge in [-0.1, -0.05) is 13.0 Å². The number of ether oxygens (including phenoxy) is 2. The van der Waals surface area contributed by atoms with Crippen LogP contribution < -0.4 is 14.8 Å². The molecule has 1 N–H and O–H groups in total. The Balaban J connectivity index is 1.38. The molecule has 1 saturated heterocycles. The second-order valence-corrected chi connectivity index (χ2v) is 7.03. The minimum atomic E-state index is 0.0939. The van der Waals surface area contributed by atoms with Crippen LogP contribution in [0.4, 0.5) is 5.82 Å². The number of pyridine rings is 1. The Bertz CT molecular complexity index is 807. The SMILES string of the molecule is CCC1CCCCN1C(=O)c1ccc(NCc2ccc3c(c2)OCO3)nc1. The Morgan fingerprint density at radius 3 is 2.93 bits per heavy atom. The Morgan fingerprint density at radius 1 is 1.22 bits per heavy atom. The monoisotopic (exact) mass is 367 g/mol. The maximum atomic E-state index is 12.8. The van der Waals surface area contributed by atoms with Crippen LogP contribution >= 0.6 is 0 Å². The molecule has 1 aromatic heterocycles. The fourth-order valence-electron chi connectivity index (χ4n) is 3.73. The van der Waals surface area contributed by atoms with Crippen molar-refractivity contribution in [2.45, 2.75) is 45.2 Å².